The largest absolute Gasteiger partial charge is 0.331 e. The smallest absolute Gasteiger partial charge is 0.319 e. The van der Waals surface area contributed by atoms with Gasteiger partial charge < -0.3 is 21.3 Å². The van der Waals surface area contributed by atoms with Crippen LogP contribution in [0.3, 0.4) is 0 Å². The van der Waals surface area contributed by atoms with Gasteiger partial charge in [-0.3, -0.25) is 4.79 Å². The predicted molar refractivity (Wildman–Crippen MR) is 118 cm³/mol. The van der Waals surface area contributed by atoms with Crippen LogP contribution >= 0.6 is 0 Å². The molecule has 0 saturated carbocycles. The lowest BCUT2D eigenvalue weighted by molar-refractivity contribution is 0.102. The second-order valence-electron chi connectivity index (χ2n) is 7.35. The lowest BCUT2D eigenvalue weighted by atomic mass is 10.1. The summed E-state index contributed by atoms with van der Waals surface area (Å²) in [6.07, 6.45) is 0. The van der Waals surface area contributed by atoms with Gasteiger partial charge in [0.15, 0.2) is 0 Å². The monoisotopic (exact) mass is 400 g/mol. The summed E-state index contributed by atoms with van der Waals surface area (Å²) in [5.74, 6) is -0.186. The van der Waals surface area contributed by atoms with E-state index in [0.29, 0.717) is 11.3 Å². The molecule has 1 aliphatic heterocycles. The third-order valence-electron chi connectivity index (χ3n) is 5.15. The molecule has 3 amide bonds. The Bertz CT molecular complexity index is 1050. The maximum Gasteiger partial charge on any atom is 0.319 e. The maximum atomic E-state index is 12.5. The van der Waals surface area contributed by atoms with E-state index in [9.17, 15) is 9.59 Å². The third kappa shape index (κ3) is 4.67. The minimum Gasteiger partial charge on any atom is -0.331 e. The van der Waals surface area contributed by atoms with Crippen molar-refractivity contribution in [3.8, 4) is 0 Å². The highest BCUT2D eigenvalue weighted by Gasteiger charge is 2.13. The summed E-state index contributed by atoms with van der Waals surface area (Å²) in [4.78, 5) is 24.8. The molecule has 0 aromatic heterocycles. The molecule has 152 valence electrons. The first-order chi connectivity index (χ1) is 14.6. The van der Waals surface area contributed by atoms with Gasteiger partial charge in [0.25, 0.3) is 5.91 Å². The van der Waals surface area contributed by atoms with Gasteiger partial charge in [-0.25, -0.2) is 4.79 Å². The zero-order valence-electron chi connectivity index (χ0n) is 16.7. The number of hydrogen-bond donors (Lipinski definition) is 4. The van der Waals surface area contributed by atoms with Crippen molar-refractivity contribution in [3.05, 3.63) is 95.1 Å². The summed E-state index contributed by atoms with van der Waals surface area (Å²) in [5, 5.41) is 11.9. The van der Waals surface area contributed by atoms with Crippen molar-refractivity contribution >= 4 is 23.3 Å². The molecule has 6 heteroatoms. The van der Waals surface area contributed by atoms with Gasteiger partial charge in [0, 0.05) is 30.0 Å². The fourth-order valence-corrected chi connectivity index (χ4v) is 3.47. The Hall–Kier alpha value is -3.64. The molecule has 0 fully saturated rings. The molecule has 0 aliphatic carbocycles. The molecule has 0 saturated heterocycles. The standard InChI is InChI=1S/C24H24N4O2/c1-16(17-5-3-2-4-6-17)26-24(30)28-21-10-7-18(8-11-21)23(29)27-22-12-9-19-14-25-15-20(19)13-22/h2-13,16,25H,14-15H2,1H3,(H,27,29)(H2,26,28,30). The van der Waals surface area contributed by atoms with Crippen LogP contribution in [0.4, 0.5) is 16.2 Å². The van der Waals surface area contributed by atoms with Crippen LogP contribution < -0.4 is 21.3 Å². The molecule has 1 aliphatic rings. The zero-order valence-corrected chi connectivity index (χ0v) is 16.7. The lowest BCUT2D eigenvalue weighted by Gasteiger charge is -2.15. The van der Waals surface area contributed by atoms with Crippen LogP contribution in [0.15, 0.2) is 72.8 Å². The zero-order chi connectivity index (χ0) is 20.9. The third-order valence-corrected chi connectivity index (χ3v) is 5.15. The van der Waals surface area contributed by atoms with Crippen LogP contribution in [0.2, 0.25) is 0 Å². The van der Waals surface area contributed by atoms with Crippen LogP contribution in [0.25, 0.3) is 0 Å². The highest BCUT2D eigenvalue weighted by Crippen LogP contribution is 2.21. The molecule has 3 aromatic carbocycles. The first kappa shape index (κ1) is 19.7. The Balaban J connectivity index is 1.33. The van der Waals surface area contributed by atoms with Gasteiger partial charge in [-0.1, -0.05) is 36.4 Å². The molecule has 1 unspecified atom stereocenters. The van der Waals surface area contributed by atoms with Crippen LogP contribution in [0.5, 0.6) is 0 Å². The van der Waals surface area contributed by atoms with Crippen molar-refractivity contribution in [2.75, 3.05) is 10.6 Å². The molecule has 0 spiro atoms. The lowest BCUT2D eigenvalue weighted by Crippen LogP contribution is -2.31. The molecule has 4 rings (SSSR count). The number of rotatable bonds is 5. The van der Waals surface area contributed by atoms with Gasteiger partial charge in [-0.15, -0.1) is 0 Å². The molecule has 1 heterocycles. The summed E-state index contributed by atoms with van der Waals surface area (Å²) in [5.41, 5.74) is 5.43. The molecule has 0 bridgehead atoms. The summed E-state index contributed by atoms with van der Waals surface area (Å²) < 4.78 is 0. The van der Waals surface area contributed by atoms with Gasteiger partial charge in [-0.05, 0) is 60.0 Å². The SMILES string of the molecule is CC(NC(=O)Nc1ccc(C(=O)Nc2ccc3c(c2)CNC3)cc1)c1ccccc1. The van der Waals surface area contributed by atoms with Crippen LogP contribution in [-0.2, 0) is 13.1 Å². The Labute approximate surface area is 175 Å². The number of carbonyl (C=O) groups excluding carboxylic acids is 2. The van der Waals surface area contributed by atoms with Gasteiger partial charge in [0.2, 0.25) is 0 Å². The van der Waals surface area contributed by atoms with Gasteiger partial charge in [-0.2, -0.15) is 0 Å². The molecule has 6 nitrogen and oxygen atoms in total. The minimum absolute atomic E-state index is 0.112. The molecule has 3 aromatic rings. The second-order valence-corrected chi connectivity index (χ2v) is 7.35. The number of urea groups is 1. The first-order valence-electron chi connectivity index (χ1n) is 9.95. The van der Waals surface area contributed by atoms with Crippen molar-refractivity contribution in [1.29, 1.82) is 0 Å². The van der Waals surface area contributed by atoms with Crippen LogP contribution in [0.1, 0.15) is 40.0 Å². The predicted octanol–water partition coefficient (Wildman–Crippen LogP) is 4.42. The molecule has 1 atom stereocenters. The average molecular weight is 400 g/mol. The fraction of sp³-hybridized carbons (Fsp3) is 0.167. The van der Waals surface area contributed by atoms with E-state index >= 15 is 0 Å². The van der Waals surface area contributed by atoms with E-state index in [2.05, 4.69) is 21.3 Å². The van der Waals surface area contributed by atoms with E-state index in [-0.39, 0.29) is 18.0 Å². The van der Waals surface area contributed by atoms with Crippen LogP contribution in [0, 0.1) is 0 Å². The van der Waals surface area contributed by atoms with Crippen molar-refractivity contribution < 1.29 is 9.59 Å². The normalized spacial score (nSPS) is 13.2. The van der Waals surface area contributed by atoms with E-state index < -0.39 is 0 Å². The number of amides is 3. The molecular formula is C24H24N4O2. The molecule has 0 radical (unpaired) electrons. The number of carbonyl (C=O) groups is 2. The Morgan fingerprint density at radius 2 is 1.53 bits per heavy atom. The first-order valence-corrected chi connectivity index (χ1v) is 9.95. The van der Waals surface area contributed by atoms with E-state index in [1.807, 2.05) is 55.5 Å². The minimum atomic E-state index is -0.296. The van der Waals surface area contributed by atoms with E-state index in [4.69, 9.17) is 0 Å². The number of hydrogen-bond acceptors (Lipinski definition) is 3. The van der Waals surface area contributed by atoms with Gasteiger partial charge >= 0.3 is 6.03 Å². The van der Waals surface area contributed by atoms with Crippen LogP contribution in [-0.4, -0.2) is 11.9 Å². The molecule has 30 heavy (non-hydrogen) atoms. The average Bonchev–Trinajstić information content (AvgIpc) is 3.22. The topological polar surface area (TPSA) is 82.3 Å². The van der Waals surface area contributed by atoms with Gasteiger partial charge in [0.05, 0.1) is 6.04 Å². The Morgan fingerprint density at radius 3 is 2.30 bits per heavy atom. The summed E-state index contributed by atoms with van der Waals surface area (Å²) in [6, 6.07) is 22.1. The number of benzene rings is 3. The summed E-state index contributed by atoms with van der Waals surface area (Å²) in [7, 11) is 0. The van der Waals surface area contributed by atoms with Crippen molar-refractivity contribution in [1.82, 2.24) is 10.6 Å². The van der Waals surface area contributed by atoms with E-state index in [1.54, 1.807) is 24.3 Å². The van der Waals surface area contributed by atoms with Gasteiger partial charge in [0.1, 0.15) is 0 Å². The van der Waals surface area contributed by atoms with Crippen molar-refractivity contribution in [2.24, 2.45) is 0 Å². The number of anilines is 2. The fourth-order valence-electron chi connectivity index (χ4n) is 3.47. The highest BCUT2D eigenvalue weighted by molar-refractivity contribution is 6.04. The molecule has 4 N–H and O–H groups in total. The van der Waals surface area contributed by atoms with Crippen molar-refractivity contribution in [2.45, 2.75) is 26.1 Å². The maximum absolute atomic E-state index is 12.5. The van der Waals surface area contributed by atoms with E-state index in [1.165, 1.54) is 11.1 Å². The summed E-state index contributed by atoms with van der Waals surface area (Å²) >= 11 is 0. The highest BCUT2D eigenvalue weighted by atomic mass is 16.2. The van der Waals surface area contributed by atoms with Crippen molar-refractivity contribution in [3.63, 3.8) is 0 Å². The quantitative estimate of drug-likeness (QED) is 0.512. The second kappa shape index (κ2) is 8.80. The number of nitrogens with one attached hydrogen (secondary N) is 4. The summed E-state index contributed by atoms with van der Waals surface area (Å²) in [6.45, 7) is 3.62. The molecular weight excluding hydrogens is 376 g/mol. The Kier molecular flexibility index (Phi) is 5.77. The van der Waals surface area contributed by atoms with E-state index in [0.717, 1.165) is 24.3 Å². The Morgan fingerprint density at radius 1 is 0.833 bits per heavy atom. The number of fused-ring (bicyclic) bond motifs is 1.